The van der Waals surface area contributed by atoms with Crippen molar-refractivity contribution < 1.29 is 4.79 Å². The molecule has 1 rings (SSSR count). The summed E-state index contributed by atoms with van der Waals surface area (Å²) in [6.07, 6.45) is 3.46. The number of carbonyl (C=O) groups excluding carboxylic acids is 1. The average Bonchev–Trinajstić information content (AvgIpc) is 2.36. The monoisotopic (exact) mass is 250 g/mol. The van der Waals surface area contributed by atoms with E-state index in [1.54, 1.807) is 12.3 Å². The zero-order valence-corrected chi connectivity index (χ0v) is 11.3. The van der Waals surface area contributed by atoms with E-state index in [0.717, 1.165) is 24.3 Å². The van der Waals surface area contributed by atoms with Crippen molar-refractivity contribution in [3.8, 4) is 0 Å². The van der Waals surface area contributed by atoms with Crippen LogP contribution in [-0.4, -0.2) is 31.5 Å². The van der Waals surface area contributed by atoms with Crippen molar-refractivity contribution in [2.24, 2.45) is 11.7 Å². The highest BCUT2D eigenvalue weighted by atomic mass is 16.1. The fraction of sp³-hybridized carbons (Fsp3) is 0.538. The molecule has 0 radical (unpaired) electrons. The molecule has 18 heavy (non-hydrogen) atoms. The van der Waals surface area contributed by atoms with Crippen molar-refractivity contribution in [2.45, 2.75) is 19.8 Å². The Hall–Kier alpha value is -1.62. The summed E-state index contributed by atoms with van der Waals surface area (Å²) in [6.45, 7) is 2.42. The van der Waals surface area contributed by atoms with Crippen LogP contribution in [0.2, 0.25) is 0 Å². The van der Waals surface area contributed by atoms with E-state index in [9.17, 15) is 4.79 Å². The largest absolute Gasteiger partial charge is 0.361 e. The first-order valence-corrected chi connectivity index (χ1v) is 6.23. The van der Waals surface area contributed by atoms with Crippen LogP contribution in [0.3, 0.4) is 0 Å². The first kappa shape index (κ1) is 14.4. The molecule has 1 atom stereocenters. The van der Waals surface area contributed by atoms with Gasteiger partial charge in [0.25, 0.3) is 0 Å². The number of anilines is 2. The first-order valence-electron chi connectivity index (χ1n) is 6.23. The van der Waals surface area contributed by atoms with E-state index in [2.05, 4.69) is 10.3 Å². The maximum atomic E-state index is 12.1. The number of carbonyl (C=O) groups is 1. The van der Waals surface area contributed by atoms with Gasteiger partial charge in [0.1, 0.15) is 0 Å². The van der Waals surface area contributed by atoms with Gasteiger partial charge in [-0.3, -0.25) is 4.79 Å². The second-order valence-corrected chi connectivity index (χ2v) is 4.48. The molecular weight excluding hydrogens is 228 g/mol. The van der Waals surface area contributed by atoms with Gasteiger partial charge in [0.2, 0.25) is 5.91 Å². The molecule has 1 amide bonds. The van der Waals surface area contributed by atoms with Crippen LogP contribution in [0.15, 0.2) is 18.3 Å². The molecule has 0 bridgehead atoms. The number of nitrogens with two attached hydrogens (primary N) is 1. The van der Waals surface area contributed by atoms with Crippen LogP contribution in [-0.2, 0) is 4.79 Å². The Morgan fingerprint density at radius 1 is 1.56 bits per heavy atom. The molecule has 0 aliphatic heterocycles. The standard InChI is InChI=1S/C13H22N4O/c1-4-6-10(9-14)13(18)16-11-7-5-8-15-12(11)17(2)3/h5,7-8,10H,4,6,9,14H2,1-3H3,(H,16,18). The Morgan fingerprint density at radius 3 is 2.83 bits per heavy atom. The second kappa shape index (κ2) is 6.96. The quantitative estimate of drug-likeness (QED) is 0.802. The van der Waals surface area contributed by atoms with Crippen molar-refractivity contribution in [3.05, 3.63) is 18.3 Å². The van der Waals surface area contributed by atoms with Crippen LogP contribution in [0.1, 0.15) is 19.8 Å². The Balaban J connectivity index is 2.80. The lowest BCUT2D eigenvalue weighted by atomic mass is 10.0. The fourth-order valence-electron chi connectivity index (χ4n) is 1.79. The first-order chi connectivity index (χ1) is 8.60. The minimum atomic E-state index is -0.134. The Labute approximate surface area is 108 Å². The number of nitrogens with zero attached hydrogens (tertiary/aromatic N) is 2. The predicted octanol–water partition coefficient (Wildman–Crippen LogP) is 1.46. The van der Waals surface area contributed by atoms with Crippen LogP contribution >= 0.6 is 0 Å². The van der Waals surface area contributed by atoms with Crippen molar-refractivity contribution in [2.75, 3.05) is 30.9 Å². The molecule has 0 aliphatic rings. The van der Waals surface area contributed by atoms with Gasteiger partial charge in [0.05, 0.1) is 11.6 Å². The fourth-order valence-corrected chi connectivity index (χ4v) is 1.79. The third-order valence-corrected chi connectivity index (χ3v) is 2.76. The summed E-state index contributed by atoms with van der Waals surface area (Å²) in [5.74, 6) is 0.582. The molecule has 5 heteroatoms. The van der Waals surface area contributed by atoms with Crippen LogP contribution < -0.4 is 16.0 Å². The second-order valence-electron chi connectivity index (χ2n) is 4.48. The molecular formula is C13H22N4O. The van der Waals surface area contributed by atoms with Gasteiger partial charge in [-0.05, 0) is 18.6 Å². The molecule has 0 saturated carbocycles. The lowest BCUT2D eigenvalue weighted by molar-refractivity contribution is -0.119. The molecule has 100 valence electrons. The Bertz CT molecular complexity index is 392. The van der Waals surface area contributed by atoms with E-state index in [0.29, 0.717) is 6.54 Å². The van der Waals surface area contributed by atoms with E-state index in [4.69, 9.17) is 5.73 Å². The molecule has 3 N–H and O–H groups in total. The molecule has 5 nitrogen and oxygen atoms in total. The highest BCUT2D eigenvalue weighted by Crippen LogP contribution is 2.21. The lowest BCUT2D eigenvalue weighted by Gasteiger charge is -2.18. The molecule has 0 spiro atoms. The number of hydrogen-bond acceptors (Lipinski definition) is 4. The number of amides is 1. The normalized spacial score (nSPS) is 12.0. The summed E-state index contributed by atoms with van der Waals surface area (Å²) in [5, 5.41) is 2.90. The highest BCUT2D eigenvalue weighted by Gasteiger charge is 2.17. The average molecular weight is 250 g/mol. The Morgan fingerprint density at radius 2 is 2.28 bits per heavy atom. The molecule has 0 aliphatic carbocycles. The summed E-state index contributed by atoms with van der Waals surface area (Å²) in [6, 6.07) is 3.65. The molecule has 1 aromatic rings. The molecule has 0 aromatic carbocycles. The van der Waals surface area contributed by atoms with Crippen LogP contribution in [0.5, 0.6) is 0 Å². The van der Waals surface area contributed by atoms with Crippen molar-refractivity contribution in [1.29, 1.82) is 0 Å². The maximum Gasteiger partial charge on any atom is 0.228 e. The molecule has 0 fully saturated rings. The third-order valence-electron chi connectivity index (χ3n) is 2.76. The number of pyridine rings is 1. The van der Waals surface area contributed by atoms with E-state index in [-0.39, 0.29) is 11.8 Å². The number of nitrogens with one attached hydrogen (secondary N) is 1. The summed E-state index contributed by atoms with van der Waals surface area (Å²) in [5.41, 5.74) is 6.35. The lowest BCUT2D eigenvalue weighted by Crippen LogP contribution is -2.29. The number of rotatable bonds is 6. The van der Waals surface area contributed by atoms with E-state index in [1.165, 1.54) is 0 Å². The van der Waals surface area contributed by atoms with Crippen molar-refractivity contribution >= 4 is 17.4 Å². The molecule has 0 saturated heterocycles. The summed E-state index contributed by atoms with van der Waals surface area (Å²) in [7, 11) is 3.79. The van der Waals surface area contributed by atoms with E-state index < -0.39 is 0 Å². The van der Waals surface area contributed by atoms with Gasteiger partial charge in [0, 0.05) is 26.8 Å². The molecule has 1 heterocycles. The minimum absolute atomic E-state index is 0.0320. The third kappa shape index (κ3) is 3.70. The smallest absolute Gasteiger partial charge is 0.228 e. The number of aromatic nitrogens is 1. The SMILES string of the molecule is CCCC(CN)C(=O)Nc1cccnc1N(C)C. The zero-order valence-electron chi connectivity index (χ0n) is 11.3. The summed E-state index contributed by atoms with van der Waals surface area (Å²) < 4.78 is 0. The van der Waals surface area contributed by atoms with Gasteiger partial charge in [-0.15, -0.1) is 0 Å². The Kier molecular flexibility index (Phi) is 5.58. The predicted molar refractivity (Wildman–Crippen MR) is 74.6 cm³/mol. The van der Waals surface area contributed by atoms with E-state index >= 15 is 0 Å². The highest BCUT2D eigenvalue weighted by molar-refractivity contribution is 5.95. The van der Waals surface area contributed by atoms with Gasteiger partial charge in [-0.25, -0.2) is 4.98 Å². The van der Waals surface area contributed by atoms with Crippen molar-refractivity contribution in [1.82, 2.24) is 4.98 Å². The summed E-state index contributed by atoms with van der Waals surface area (Å²) in [4.78, 5) is 18.2. The van der Waals surface area contributed by atoms with Crippen molar-refractivity contribution in [3.63, 3.8) is 0 Å². The minimum Gasteiger partial charge on any atom is -0.361 e. The zero-order chi connectivity index (χ0) is 13.5. The van der Waals surface area contributed by atoms with Gasteiger partial charge < -0.3 is 16.0 Å². The topological polar surface area (TPSA) is 71.2 Å². The van der Waals surface area contributed by atoms with Gasteiger partial charge in [-0.1, -0.05) is 13.3 Å². The van der Waals surface area contributed by atoms with Gasteiger partial charge in [0.15, 0.2) is 5.82 Å². The van der Waals surface area contributed by atoms with Crippen LogP contribution in [0.4, 0.5) is 11.5 Å². The maximum absolute atomic E-state index is 12.1. The van der Waals surface area contributed by atoms with Gasteiger partial charge >= 0.3 is 0 Å². The number of hydrogen-bond donors (Lipinski definition) is 2. The molecule has 1 aromatic heterocycles. The van der Waals surface area contributed by atoms with Crippen LogP contribution in [0.25, 0.3) is 0 Å². The summed E-state index contributed by atoms with van der Waals surface area (Å²) >= 11 is 0. The molecule has 1 unspecified atom stereocenters. The van der Waals surface area contributed by atoms with Crippen LogP contribution in [0, 0.1) is 5.92 Å². The van der Waals surface area contributed by atoms with Gasteiger partial charge in [-0.2, -0.15) is 0 Å². The van der Waals surface area contributed by atoms with E-state index in [1.807, 2.05) is 32.0 Å².